The van der Waals surface area contributed by atoms with E-state index in [1.54, 1.807) is 0 Å². The number of ether oxygens (including phenoxy) is 2. The molecule has 24 heavy (non-hydrogen) atoms. The van der Waals surface area contributed by atoms with Crippen molar-refractivity contribution in [2.75, 3.05) is 13.7 Å². The third kappa shape index (κ3) is 3.88. The third-order valence-electron chi connectivity index (χ3n) is 4.81. The van der Waals surface area contributed by atoms with E-state index < -0.39 is 67.7 Å². The Bertz CT molecular complexity index is 360. The minimum Gasteiger partial charge on any atom is -0.395 e. The summed E-state index contributed by atoms with van der Waals surface area (Å²) in [6, 6.07) is -1.44. The van der Waals surface area contributed by atoms with Crippen LogP contribution in [0.4, 0.5) is 0 Å². The van der Waals surface area contributed by atoms with E-state index in [9.17, 15) is 35.7 Å². The van der Waals surface area contributed by atoms with Gasteiger partial charge in [0.1, 0.15) is 24.4 Å². The predicted molar refractivity (Wildman–Crippen MR) is 78.7 cm³/mol. The van der Waals surface area contributed by atoms with Gasteiger partial charge >= 0.3 is 0 Å². The Kier molecular flexibility index (Phi) is 6.90. The summed E-state index contributed by atoms with van der Waals surface area (Å²) >= 11 is 0. The van der Waals surface area contributed by atoms with E-state index in [4.69, 9.17) is 9.47 Å². The molecule has 0 aromatic carbocycles. The van der Waals surface area contributed by atoms with E-state index in [0.717, 1.165) is 0 Å². The highest BCUT2D eigenvalue weighted by Gasteiger charge is 2.45. The molecule has 2 fully saturated rings. The third-order valence-corrected chi connectivity index (χ3v) is 4.81. The van der Waals surface area contributed by atoms with Crippen LogP contribution in [0.5, 0.6) is 0 Å². The van der Waals surface area contributed by atoms with Crippen molar-refractivity contribution in [2.45, 2.75) is 73.9 Å². The highest BCUT2D eigenvalue weighted by molar-refractivity contribution is 4.99. The maximum absolute atomic E-state index is 10.0. The topological polar surface area (TPSA) is 172 Å². The van der Waals surface area contributed by atoms with Crippen LogP contribution in [0, 0.1) is 0 Å². The van der Waals surface area contributed by atoms with Gasteiger partial charge in [0.25, 0.3) is 0 Å². The van der Waals surface area contributed by atoms with Crippen molar-refractivity contribution < 1.29 is 45.2 Å². The van der Waals surface area contributed by atoms with E-state index in [0.29, 0.717) is 0 Å². The number of hydrogen-bond donors (Lipinski definition) is 8. The van der Waals surface area contributed by atoms with Crippen molar-refractivity contribution in [3.8, 4) is 0 Å². The van der Waals surface area contributed by atoms with Gasteiger partial charge in [-0.1, -0.05) is 0 Å². The largest absolute Gasteiger partial charge is 0.395 e. The lowest BCUT2D eigenvalue weighted by molar-refractivity contribution is -0.291. The van der Waals surface area contributed by atoms with Gasteiger partial charge in [-0.05, 0) is 12.8 Å². The highest BCUT2D eigenvalue weighted by Crippen LogP contribution is 2.26. The molecule has 10 heteroatoms. The van der Waals surface area contributed by atoms with Crippen LogP contribution in [0.3, 0.4) is 0 Å². The van der Waals surface area contributed by atoms with Crippen LogP contribution in [-0.2, 0) is 9.47 Å². The molecule has 0 spiro atoms. The highest BCUT2D eigenvalue weighted by atomic mass is 16.7. The zero-order valence-electron chi connectivity index (χ0n) is 13.3. The Morgan fingerprint density at radius 1 is 0.792 bits per heavy atom. The first-order valence-electron chi connectivity index (χ1n) is 7.95. The fourth-order valence-corrected chi connectivity index (χ4v) is 3.26. The first kappa shape index (κ1) is 19.9. The van der Waals surface area contributed by atoms with E-state index in [1.807, 2.05) is 0 Å². The fraction of sp³-hybridized carbons (Fsp3) is 1.00. The van der Waals surface area contributed by atoms with Gasteiger partial charge in [-0.25, -0.2) is 0 Å². The summed E-state index contributed by atoms with van der Waals surface area (Å²) in [5.74, 6) is 0. The van der Waals surface area contributed by atoms with Crippen LogP contribution in [0.2, 0.25) is 0 Å². The van der Waals surface area contributed by atoms with Crippen LogP contribution in [-0.4, -0.2) is 111 Å². The quantitative estimate of drug-likeness (QED) is 0.241. The molecule has 10 atom stereocenters. The van der Waals surface area contributed by atoms with Crippen LogP contribution in [0.25, 0.3) is 0 Å². The van der Waals surface area contributed by atoms with Crippen molar-refractivity contribution in [3.63, 3.8) is 0 Å². The summed E-state index contributed by atoms with van der Waals surface area (Å²) in [6.07, 6.45) is -9.66. The van der Waals surface area contributed by atoms with Gasteiger partial charge in [-0.15, -0.1) is 0 Å². The lowest BCUT2D eigenvalue weighted by Crippen LogP contribution is -2.66. The molecule has 0 radical (unpaired) electrons. The lowest BCUT2D eigenvalue weighted by atomic mass is 9.86. The molecule has 8 N–H and O–H groups in total. The maximum Gasteiger partial charge on any atom is 0.186 e. The normalized spacial score (nSPS) is 50.0. The molecule has 2 rings (SSSR count). The number of methoxy groups -OCH3 is 1. The molecule has 0 aromatic rings. The Labute approximate surface area is 139 Å². The molecule has 0 amide bonds. The van der Waals surface area contributed by atoms with Gasteiger partial charge in [0, 0.05) is 13.2 Å². The van der Waals surface area contributed by atoms with E-state index >= 15 is 0 Å². The number of aliphatic hydroxyl groups is 7. The zero-order chi connectivity index (χ0) is 18.0. The Balaban J connectivity index is 1.96. The molecule has 0 aliphatic carbocycles. The molecule has 142 valence electrons. The van der Waals surface area contributed by atoms with Gasteiger partial charge in [0.2, 0.25) is 0 Å². The molecular weight excluding hydrogens is 326 g/mol. The molecule has 2 aliphatic rings. The number of hydrogen-bond acceptors (Lipinski definition) is 10. The van der Waals surface area contributed by atoms with Crippen LogP contribution < -0.4 is 5.32 Å². The molecule has 2 heterocycles. The SMILES string of the molecule is CO[C@H]1O[C@H](CC[C@@H]2N[C@H](CO)[C@@H](O)[C@H](O)[C@H]2O)[C@@H](O)[C@H](O)[C@H]1O. The second-order valence-corrected chi connectivity index (χ2v) is 6.36. The molecule has 0 aromatic heterocycles. The molecule has 10 nitrogen and oxygen atoms in total. The first-order valence-corrected chi connectivity index (χ1v) is 7.95. The van der Waals surface area contributed by atoms with Gasteiger partial charge in [-0.3, -0.25) is 0 Å². The van der Waals surface area contributed by atoms with Crippen LogP contribution in [0.15, 0.2) is 0 Å². The smallest absolute Gasteiger partial charge is 0.186 e. The fourth-order valence-electron chi connectivity index (χ4n) is 3.26. The zero-order valence-corrected chi connectivity index (χ0v) is 13.3. The summed E-state index contributed by atoms with van der Waals surface area (Å²) in [5.41, 5.74) is 0. The molecule has 2 saturated heterocycles. The summed E-state index contributed by atoms with van der Waals surface area (Å²) in [4.78, 5) is 0. The van der Waals surface area contributed by atoms with Gasteiger partial charge in [0.05, 0.1) is 31.0 Å². The van der Waals surface area contributed by atoms with Crippen LogP contribution >= 0.6 is 0 Å². The Morgan fingerprint density at radius 2 is 1.38 bits per heavy atom. The predicted octanol–water partition coefficient (Wildman–Crippen LogP) is -4.36. The summed E-state index contributed by atoms with van der Waals surface area (Å²) in [6.45, 7) is -0.416. The Hall–Kier alpha value is -0.400. The standard InChI is InChI=1S/C14H27NO9/c1-23-14-13(22)12(21)10(19)7(24-14)3-2-5-8(17)11(20)9(18)6(4-16)15-5/h5-22H,2-4H2,1H3/t5-,6+,7+,8-,9+,10+,11+,12-,13+,14-/m0/s1. The van der Waals surface area contributed by atoms with Crippen molar-refractivity contribution in [2.24, 2.45) is 0 Å². The first-order chi connectivity index (χ1) is 11.3. The summed E-state index contributed by atoms with van der Waals surface area (Å²) < 4.78 is 10.3. The van der Waals surface area contributed by atoms with Crippen molar-refractivity contribution in [1.29, 1.82) is 0 Å². The number of rotatable bonds is 5. The number of piperidine rings is 1. The molecular formula is C14H27NO9. The maximum atomic E-state index is 10.0. The molecule has 0 bridgehead atoms. The van der Waals surface area contributed by atoms with Crippen molar-refractivity contribution in [1.82, 2.24) is 5.32 Å². The monoisotopic (exact) mass is 353 g/mol. The minimum atomic E-state index is -1.43. The van der Waals surface area contributed by atoms with Gasteiger partial charge in [0.15, 0.2) is 6.29 Å². The molecule has 0 saturated carbocycles. The number of aliphatic hydroxyl groups excluding tert-OH is 7. The van der Waals surface area contributed by atoms with Crippen molar-refractivity contribution in [3.05, 3.63) is 0 Å². The molecule has 2 aliphatic heterocycles. The summed E-state index contributed by atoms with van der Waals surface area (Å²) in [7, 11) is 1.30. The lowest BCUT2D eigenvalue weighted by Gasteiger charge is -2.43. The average molecular weight is 353 g/mol. The second-order valence-electron chi connectivity index (χ2n) is 6.36. The van der Waals surface area contributed by atoms with Crippen LogP contribution in [0.1, 0.15) is 12.8 Å². The van der Waals surface area contributed by atoms with Crippen molar-refractivity contribution >= 4 is 0 Å². The van der Waals surface area contributed by atoms with E-state index in [1.165, 1.54) is 7.11 Å². The van der Waals surface area contributed by atoms with E-state index in [2.05, 4.69) is 5.32 Å². The Morgan fingerprint density at radius 3 is 1.96 bits per heavy atom. The van der Waals surface area contributed by atoms with Gasteiger partial charge < -0.3 is 50.5 Å². The summed E-state index contributed by atoms with van der Waals surface area (Å²) in [5, 5.41) is 71.2. The average Bonchev–Trinajstić information content (AvgIpc) is 2.58. The number of nitrogens with one attached hydrogen (secondary N) is 1. The second kappa shape index (κ2) is 8.32. The van der Waals surface area contributed by atoms with E-state index in [-0.39, 0.29) is 12.8 Å². The molecule has 0 unspecified atom stereocenters. The van der Waals surface area contributed by atoms with Gasteiger partial charge in [-0.2, -0.15) is 0 Å². The minimum absolute atomic E-state index is 0.181.